The largest absolute Gasteiger partial charge is 0.330 e. The maximum Gasteiger partial charge on any atom is 0.124 e. The number of aromatic nitrogens is 2. The fourth-order valence-corrected chi connectivity index (χ4v) is 1.85. The summed E-state index contributed by atoms with van der Waals surface area (Å²) in [5.41, 5.74) is 0. The van der Waals surface area contributed by atoms with E-state index in [2.05, 4.69) is 45.5 Å². The van der Waals surface area contributed by atoms with E-state index >= 15 is 0 Å². The van der Waals surface area contributed by atoms with Gasteiger partial charge < -0.3 is 4.57 Å². The van der Waals surface area contributed by atoms with Crippen LogP contribution in [0.3, 0.4) is 0 Å². The van der Waals surface area contributed by atoms with Crippen molar-refractivity contribution in [3.05, 3.63) is 16.6 Å². The molecule has 1 aromatic rings. The zero-order valence-electron chi connectivity index (χ0n) is 7.42. The third kappa shape index (κ3) is 1.42. The summed E-state index contributed by atoms with van der Waals surface area (Å²) in [5.74, 6) is 1.74. The number of halogens is 1. The van der Waals surface area contributed by atoms with Crippen LogP contribution in [0.5, 0.6) is 0 Å². The number of rotatable bonds is 2. The van der Waals surface area contributed by atoms with E-state index in [1.807, 2.05) is 0 Å². The van der Waals surface area contributed by atoms with Gasteiger partial charge in [0.1, 0.15) is 10.4 Å². The SMILES string of the molecule is CC(C)c1nc(Br)cn1C1CC1. The Balaban J connectivity index is 2.36. The van der Waals surface area contributed by atoms with Gasteiger partial charge in [-0.25, -0.2) is 4.98 Å². The first-order valence-electron chi connectivity index (χ1n) is 4.42. The Hall–Kier alpha value is -0.310. The molecule has 1 saturated carbocycles. The lowest BCUT2D eigenvalue weighted by Crippen LogP contribution is -2.01. The predicted molar refractivity (Wildman–Crippen MR) is 52.3 cm³/mol. The Morgan fingerprint density at radius 1 is 1.58 bits per heavy atom. The second-order valence-corrected chi connectivity index (χ2v) is 4.53. The predicted octanol–water partition coefficient (Wildman–Crippen LogP) is 3.10. The number of hydrogen-bond donors (Lipinski definition) is 0. The molecule has 12 heavy (non-hydrogen) atoms. The smallest absolute Gasteiger partial charge is 0.124 e. The molecule has 0 amide bonds. The molecule has 0 aliphatic heterocycles. The van der Waals surface area contributed by atoms with Crippen LogP contribution in [-0.4, -0.2) is 9.55 Å². The van der Waals surface area contributed by atoms with Crippen LogP contribution in [0.1, 0.15) is 44.5 Å². The van der Waals surface area contributed by atoms with E-state index in [9.17, 15) is 0 Å². The van der Waals surface area contributed by atoms with Crippen LogP contribution < -0.4 is 0 Å². The minimum absolute atomic E-state index is 0.525. The first-order valence-corrected chi connectivity index (χ1v) is 5.22. The van der Waals surface area contributed by atoms with Gasteiger partial charge in [-0.3, -0.25) is 0 Å². The van der Waals surface area contributed by atoms with Crippen molar-refractivity contribution in [2.24, 2.45) is 0 Å². The quantitative estimate of drug-likeness (QED) is 0.761. The minimum atomic E-state index is 0.525. The first kappa shape index (κ1) is 8.30. The van der Waals surface area contributed by atoms with Gasteiger partial charge in [0.25, 0.3) is 0 Å². The maximum atomic E-state index is 4.45. The molecule has 0 N–H and O–H groups in total. The maximum absolute atomic E-state index is 4.45. The van der Waals surface area contributed by atoms with Gasteiger partial charge in [-0.2, -0.15) is 0 Å². The van der Waals surface area contributed by atoms with Crippen molar-refractivity contribution < 1.29 is 0 Å². The Morgan fingerprint density at radius 2 is 2.25 bits per heavy atom. The summed E-state index contributed by atoms with van der Waals surface area (Å²) >= 11 is 3.42. The second-order valence-electron chi connectivity index (χ2n) is 3.71. The van der Waals surface area contributed by atoms with Crippen molar-refractivity contribution in [2.75, 3.05) is 0 Å². The molecule has 3 heteroatoms. The van der Waals surface area contributed by atoms with E-state index in [1.165, 1.54) is 18.7 Å². The summed E-state index contributed by atoms with van der Waals surface area (Å²) < 4.78 is 3.28. The molecule has 0 atom stereocenters. The van der Waals surface area contributed by atoms with E-state index in [1.54, 1.807) is 0 Å². The molecule has 1 fully saturated rings. The van der Waals surface area contributed by atoms with Gasteiger partial charge in [0, 0.05) is 18.2 Å². The summed E-state index contributed by atoms with van der Waals surface area (Å²) in [7, 11) is 0. The van der Waals surface area contributed by atoms with Crippen LogP contribution in [0.15, 0.2) is 10.8 Å². The Morgan fingerprint density at radius 3 is 2.75 bits per heavy atom. The zero-order valence-corrected chi connectivity index (χ0v) is 9.00. The lowest BCUT2D eigenvalue weighted by Gasteiger charge is -2.07. The molecule has 0 spiro atoms. The third-order valence-electron chi connectivity index (χ3n) is 2.19. The number of hydrogen-bond acceptors (Lipinski definition) is 1. The summed E-state index contributed by atoms with van der Waals surface area (Å²) in [5, 5.41) is 0. The van der Waals surface area contributed by atoms with Crippen LogP contribution in [0.4, 0.5) is 0 Å². The highest BCUT2D eigenvalue weighted by atomic mass is 79.9. The molecule has 0 unspecified atom stereocenters. The fraction of sp³-hybridized carbons (Fsp3) is 0.667. The summed E-state index contributed by atoms with van der Waals surface area (Å²) in [4.78, 5) is 4.45. The molecule has 1 heterocycles. The molecule has 2 rings (SSSR count). The van der Waals surface area contributed by atoms with Crippen LogP contribution >= 0.6 is 15.9 Å². The molecule has 1 aromatic heterocycles. The average molecular weight is 229 g/mol. The molecule has 0 aromatic carbocycles. The Labute approximate surface area is 81.1 Å². The highest BCUT2D eigenvalue weighted by molar-refractivity contribution is 9.10. The van der Waals surface area contributed by atoms with Crippen molar-refractivity contribution in [2.45, 2.75) is 38.6 Å². The minimum Gasteiger partial charge on any atom is -0.330 e. The standard InChI is InChI=1S/C9H13BrN2/c1-6(2)9-11-8(10)5-12(9)7-3-4-7/h5-7H,3-4H2,1-2H3. The lowest BCUT2D eigenvalue weighted by atomic mass is 10.2. The van der Waals surface area contributed by atoms with Gasteiger partial charge in [-0.05, 0) is 28.8 Å². The monoisotopic (exact) mass is 228 g/mol. The molecule has 0 saturated heterocycles. The molecule has 0 radical (unpaired) electrons. The molecule has 66 valence electrons. The molecular weight excluding hydrogens is 216 g/mol. The van der Waals surface area contributed by atoms with Gasteiger partial charge in [-0.15, -0.1) is 0 Å². The normalized spacial score (nSPS) is 17.3. The van der Waals surface area contributed by atoms with Crippen molar-refractivity contribution in [3.8, 4) is 0 Å². The van der Waals surface area contributed by atoms with Crippen molar-refractivity contribution >= 4 is 15.9 Å². The summed E-state index contributed by atoms with van der Waals surface area (Å²) in [6, 6.07) is 0.737. The van der Waals surface area contributed by atoms with Crippen LogP contribution in [0.25, 0.3) is 0 Å². The average Bonchev–Trinajstić information content (AvgIpc) is 2.75. The molecule has 1 aliphatic rings. The van der Waals surface area contributed by atoms with Crippen molar-refractivity contribution in [1.29, 1.82) is 0 Å². The third-order valence-corrected chi connectivity index (χ3v) is 2.57. The van der Waals surface area contributed by atoms with E-state index in [0.717, 1.165) is 10.6 Å². The molecule has 2 nitrogen and oxygen atoms in total. The first-order chi connectivity index (χ1) is 5.68. The highest BCUT2D eigenvalue weighted by Crippen LogP contribution is 2.37. The Kier molecular flexibility index (Phi) is 1.99. The van der Waals surface area contributed by atoms with Crippen LogP contribution in [-0.2, 0) is 0 Å². The van der Waals surface area contributed by atoms with Gasteiger partial charge in [0.05, 0.1) is 0 Å². The zero-order chi connectivity index (χ0) is 8.72. The van der Waals surface area contributed by atoms with E-state index in [0.29, 0.717) is 5.92 Å². The molecule has 0 bridgehead atoms. The van der Waals surface area contributed by atoms with E-state index < -0.39 is 0 Å². The van der Waals surface area contributed by atoms with E-state index in [-0.39, 0.29) is 0 Å². The molecular formula is C9H13BrN2. The second kappa shape index (κ2) is 2.87. The van der Waals surface area contributed by atoms with Crippen molar-refractivity contribution in [3.63, 3.8) is 0 Å². The van der Waals surface area contributed by atoms with Gasteiger partial charge in [0.2, 0.25) is 0 Å². The van der Waals surface area contributed by atoms with E-state index in [4.69, 9.17) is 0 Å². The van der Waals surface area contributed by atoms with Gasteiger partial charge >= 0.3 is 0 Å². The lowest BCUT2D eigenvalue weighted by molar-refractivity contribution is 0.640. The summed E-state index contributed by atoms with van der Waals surface area (Å²) in [6.07, 6.45) is 4.75. The highest BCUT2D eigenvalue weighted by Gasteiger charge is 2.26. The van der Waals surface area contributed by atoms with Gasteiger partial charge in [0.15, 0.2) is 0 Å². The summed E-state index contributed by atoms with van der Waals surface area (Å²) in [6.45, 7) is 4.38. The van der Waals surface area contributed by atoms with Crippen molar-refractivity contribution in [1.82, 2.24) is 9.55 Å². The van der Waals surface area contributed by atoms with Crippen LogP contribution in [0, 0.1) is 0 Å². The fourth-order valence-electron chi connectivity index (χ4n) is 1.45. The topological polar surface area (TPSA) is 17.8 Å². The Bertz CT molecular complexity index is 267. The number of imidazole rings is 1. The van der Waals surface area contributed by atoms with Crippen LogP contribution in [0.2, 0.25) is 0 Å². The van der Waals surface area contributed by atoms with Gasteiger partial charge in [-0.1, -0.05) is 13.8 Å². The molecule has 1 aliphatic carbocycles. The number of nitrogens with zero attached hydrogens (tertiary/aromatic N) is 2.